The number of nitrogens with zero attached hydrogens (tertiary/aromatic N) is 5. The number of fused-ring (bicyclic) bond motifs is 5. The van der Waals surface area contributed by atoms with Gasteiger partial charge in [-0.1, -0.05) is 109 Å². The summed E-state index contributed by atoms with van der Waals surface area (Å²) in [4.78, 5) is 14.6. The van der Waals surface area contributed by atoms with Crippen LogP contribution in [-0.2, 0) is 5.41 Å². The Morgan fingerprint density at radius 1 is 0.491 bits per heavy atom. The van der Waals surface area contributed by atoms with Crippen LogP contribution in [0, 0.1) is 0 Å². The smallest absolute Gasteiger partial charge is 0.147 e. The molecule has 0 amide bonds. The van der Waals surface area contributed by atoms with Crippen molar-refractivity contribution >= 4 is 32.8 Å². The number of imidazole rings is 1. The Balaban J connectivity index is 1.25. The van der Waals surface area contributed by atoms with E-state index in [2.05, 4.69) is 172 Å². The minimum atomic E-state index is -0.637. The summed E-state index contributed by atoms with van der Waals surface area (Å²) in [6.45, 7) is 0. The van der Waals surface area contributed by atoms with Gasteiger partial charge in [-0.3, -0.25) is 14.5 Å². The van der Waals surface area contributed by atoms with Gasteiger partial charge < -0.3 is 4.57 Å². The first-order valence-electron chi connectivity index (χ1n) is 17.9. The molecule has 0 N–H and O–H groups in total. The molecule has 5 heterocycles. The van der Waals surface area contributed by atoms with Crippen LogP contribution in [-0.4, -0.2) is 24.1 Å². The molecule has 0 saturated carbocycles. The number of aromatic nitrogens is 5. The summed E-state index contributed by atoms with van der Waals surface area (Å²) in [6, 6.07) is 61.1. The largest absolute Gasteiger partial charge is 0.309 e. The summed E-state index contributed by atoms with van der Waals surface area (Å²) in [6.07, 6.45) is 5.57. The topological polar surface area (TPSA) is 48.5 Å². The molecule has 1 aliphatic rings. The van der Waals surface area contributed by atoms with Gasteiger partial charge in [0, 0.05) is 46.2 Å². The second-order valence-electron chi connectivity index (χ2n) is 13.7. The van der Waals surface area contributed by atoms with E-state index in [1.165, 1.54) is 44.1 Å². The van der Waals surface area contributed by atoms with E-state index in [9.17, 15) is 0 Å². The Kier molecular flexibility index (Phi) is 6.40. The third-order valence-electron chi connectivity index (χ3n) is 10.9. The molecule has 0 atom stereocenters. The first-order chi connectivity index (χ1) is 26.3. The van der Waals surface area contributed by atoms with Gasteiger partial charge in [-0.05, 0) is 82.9 Å². The predicted octanol–water partition coefficient (Wildman–Crippen LogP) is 10.9. The fourth-order valence-electron chi connectivity index (χ4n) is 8.74. The van der Waals surface area contributed by atoms with Crippen molar-refractivity contribution in [2.75, 3.05) is 0 Å². The normalized spacial score (nSPS) is 13.1. The molecule has 5 nitrogen and oxygen atoms in total. The highest BCUT2D eigenvalue weighted by atomic mass is 15.1. The fraction of sp³-hybridized carbons (Fsp3) is 0.0208. The maximum Gasteiger partial charge on any atom is 0.147 e. The van der Waals surface area contributed by atoms with E-state index >= 15 is 0 Å². The van der Waals surface area contributed by atoms with E-state index in [0.29, 0.717) is 0 Å². The number of pyridine rings is 2. The van der Waals surface area contributed by atoms with Crippen molar-refractivity contribution in [3.8, 4) is 34.0 Å². The lowest BCUT2D eigenvalue weighted by atomic mass is 9.63. The quantitative estimate of drug-likeness (QED) is 0.182. The third-order valence-corrected chi connectivity index (χ3v) is 10.9. The van der Waals surface area contributed by atoms with E-state index in [1.807, 2.05) is 24.5 Å². The minimum absolute atomic E-state index is 0.637. The number of rotatable bonds is 5. The molecule has 6 aromatic carbocycles. The molecule has 53 heavy (non-hydrogen) atoms. The average molecular weight is 678 g/mol. The van der Waals surface area contributed by atoms with Gasteiger partial charge >= 0.3 is 0 Å². The Morgan fingerprint density at radius 3 is 1.85 bits per heavy atom. The predicted molar refractivity (Wildman–Crippen MR) is 214 cm³/mol. The third kappa shape index (κ3) is 4.22. The van der Waals surface area contributed by atoms with Gasteiger partial charge in [0.1, 0.15) is 5.82 Å². The van der Waals surface area contributed by atoms with Crippen LogP contribution in [0.3, 0.4) is 0 Å². The van der Waals surface area contributed by atoms with Gasteiger partial charge in [0.05, 0.1) is 38.9 Å². The standard InChI is InChI=1S/C48H31N5/c1-3-14-34(15-4-1)48(35-16-5-2-6-17-35)39-20-11-21-42-46(39)53(47(51-42)33-24-26-41(50-31-33)32-13-12-28-49-30-32)45-27-25-36(29-40(45)48)52-43-22-9-7-18-37(43)38-19-8-10-23-44(38)52/h1-31H. The Labute approximate surface area is 306 Å². The van der Waals surface area contributed by atoms with Crippen molar-refractivity contribution in [2.24, 2.45) is 0 Å². The Bertz CT molecular complexity index is 2890. The van der Waals surface area contributed by atoms with E-state index in [1.54, 1.807) is 6.20 Å². The van der Waals surface area contributed by atoms with E-state index in [0.717, 1.165) is 45.1 Å². The lowest BCUT2D eigenvalue weighted by Gasteiger charge is -2.41. The molecule has 11 rings (SSSR count). The lowest BCUT2D eigenvalue weighted by molar-refractivity contribution is 0.724. The van der Waals surface area contributed by atoms with Crippen LogP contribution in [0.1, 0.15) is 22.3 Å². The fourth-order valence-corrected chi connectivity index (χ4v) is 8.74. The van der Waals surface area contributed by atoms with Crippen LogP contribution in [0.25, 0.3) is 66.9 Å². The zero-order valence-corrected chi connectivity index (χ0v) is 28.6. The molecule has 0 saturated heterocycles. The summed E-state index contributed by atoms with van der Waals surface area (Å²) in [5.41, 5.74) is 13.6. The molecule has 1 aliphatic heterocycles. The molecule has 248 valence electrons. The number of hydrogen-bond donors (Lipinski definition) is 0. The lowest BCUT2D eigenvalue weighted by Crippen LogP contribution is -2.35. The van der Waals surface area contributed by atoms with Crippen molar-refractivity contribution in [2.45, 2.75) is 5.41 Å². The SMILES string of the molecule is c1ccc(C2(c3ccccc3)c3cc(-n4c5ccccc5c5ccccc54)ccc3-n3c(-c4ccc(-c5cccnc5)nc4)nc4cccc2c43)cc1. The van der Waals surface area contributed by atoms with Crippen LogP contribution >= 0.6 is 0 Å². The van der Waals surface area contributed by atoms with Gasteiger partial charge in [-0.25, -0.2) is 4.98 Å². The van der Waals surface area contributed by atoms with E-state index < -0.39 is 5.41 Å². The van der Waals surface area contributed by atoms with Crippen LogP contribution in [0.15, 0.2) is 188 Å². The second kappa shape index (κ2) is 11.5. The zero-order valence-electron chi connectivity index (χ0n) is 28.6. The summed E-state index contributed by atoms with van der Waals surface area (Å²) in [5.74, 6) is 0.860. The molecule has 10 aromatic rings. The molecular formula is C48H31N5. The van der Waals surface area contributed by atoms with Gasteiger partial charge in [0.2, 0.25) is 0 Å². The molecule has 0 fully saturated rings. The van der Waals surface area contributed by atoms with Crippen LogP contribution in [0.2, 0.25) is 0 Å². The second-order valence-corrected chi connectivity index (χ2v) is 13.7. The summed E-state index contributed by atoms with van der Waals surface area (Å²) in [7, 11) is 0. The highest BCUT2D eigenvalue weighted by Gasteiger charge is 2.46. The first-order valence-corrected chi connectivity index (χ1v) is 17.9. The first kappa shape index (κ1) is 29.6. The molecule has 0 aliphatic carbocycles. The van der Waals surface area contributed by atoms with Crippen molar-refractivity contribution in [3.05, 3.63) is 211 Å². The highest BCUT2D eigenvalue weighted by Crippen LogP contribution is 2.54. The van der Waals surface area contributed by atoms with Crippen molar-refractivity contribution in [3.63, 3.8) is 0 Å². The Morgan fingerprint density at radius 2 is 1.19 bits per heavy atom. The zero-order chi connectivity index (χ0) is 34.9. The van der Waals surface area contributed by atoms with Crippen LogP contribution in [0.4, 0.5) is 0 Å². The van der Waals surface area contributed by atoms with Gasteiger partial charge in [-0.2, -0.15) is 0 Å². The number of benzene rings is 6. The summed E-state index contributed by atoms with van der Waals surface area (Å²) >= 11 is 0. The average Bonchev–Trinajstić information content (AvgIpc) is 3.79. The van der Waals surface area contributed by atoms with Crippen LogP contribution in [0.5, 0.6) is 0 Å². The molecule has 0 spiro atoms. The molecular weight excluding hydrogens is 647 g/mol. The van der Waals surface area contributed by atoms with Crippen molar-refractivity contribution in [1.82, 2.24) is 24.1 Å². The molecule has 0 bridgehead atoms. The molecule has 5 heteroatoms. The van der Waals surface area contributed by atoms with Crippen molar-refractivity contribution in [1.29, 1.82) is 0 Å². The monoisotopic (exact) mass is 677 g/mol. The number of hydrogen-bond acceptors (Lipinski definition) is 3. The molecule has 4 aromatic heterocycles. The maximum atomic E-state index is 5.37. The molecule has 0 unspecified atom stereocenters. The minimum Gasteiger partial charge on any atom is -0.309 e. The highest BCUT2D eigenvalue weighted by molar-refractivity contribution is 6.09. The van der Waals surface area contributed by atoms with Crippen molar-refractivity contribution < 1.29 is 0 Å². The number of para-hydroxylation sites is 3. The molecule has 0 radical (unpaired) electrons. The van der Waals surface area contributed by atoms with Gasteiger partial charge in [0.25, 0.3) is 0 Å². The van der Waals surface area contributed by atoms with Crippen LogP contribution < -0.4 is 0 Å². The summed E-state index contributed by atoms with van der Waals surface area (Å²) < 4.78 is 4.78. The van der Waals surface area contributed by atoms with Gasteiger partial charge in [-0.15, -0.1) is 0 Å². The Hall–Kier alpha value is -7.11. The van der Waals surface area contributed by atoms with E-state index in [-0.39, 0.29) is 0 Å². The maximum absolute atomic E-state index is 5.37. The van der Waals surface area contributed by atoms with Gasteiger partial charge in [0.15, 0.2) is 0 Å². The summed E-state index contributed by atoms with van der Waals surface area (Å²) in [5, 5.41) is 2.48. The van der Waals surface area contributed by atoms with E-state index in [4.69, 9.17) is 9.97 Å².